The van der Waals surface area contributed by atoms with Crippen LogP contribution in [0.3, 0.4) is 0 Å². The smallest absolute Gasteiger partial charge is 0.335 e. The Morgan fingerprint density at radius 1 is 1.12 bits per heavy atom. The molecule has 0 atom stereocenters. The second-order valence-corrected chi connectivity index (χ2v) is 7.16. The number of rotatable bonds is 5. The Kier molecular flexibility index (Phi) is 4.30. The van der Waals surface area contributed by atoms with E-state index in [-0.39, 0.29) is 24.8 Å². The molecular formula is C16H15N3O4S. The van der Waals surface area contributed by atoms with Crippen molar-refractivity contribution in [2.75, 3.05) is 12.8 Å². The summed E-state index contributed by atoms with van der Waals surface area (Å²) in [4.78, 5) is 12.3. The number of sulfone groups is 1. The van der Waals surface area contributed by atoms with Gasteiger partial charge in [0.15, 0.2) is 0 Å². The van der Waals surface area contributed by atoms with Crippen LogP contribution in [-0.2, 0) is 16.3 Å². The first-order valence-corrected chi connectivity index (χ1v) is 9.13. The van der Waals surface area contributed by atoms with E-state index in [9.17, 15) is 13.2 Å². The van der Waals surface area contributed by atoms with Gasteiger partial charge >= 0.3 is 5.22 Å². The molecule has 0 saturated heterocycles. The highest BCUT2D eigenvalue weighted by atomic mass is 32.2. The Morgan fingerprint density at radius 3 is 2.62 bits per heavy atom. The molecule has 0 bridgehead atoms. The quantitative estimate of drug-likeness (QED) is 0.753. The topological polar surface area (TPSA) is 102 Å². The average Bonchev–Trinajstić information content (AvgIpc) is 3.03. The van der Waals surface area contributed by atoms with Gasteiger partial charge in [-0.1, -0.05) is 41.5 Å². The number of aromatic nitrogens is 2. The number of hydrogen-bond acceptors (Lipinski definition) is 6. The van der Waals surface area contributed by atoms with Crippen molar-refractivity contribution in [1.29, 1.82) is 0 Å². The molecule has 1 amide bonds. The van der Waals surface area contributed by atoms with E-state index in [0.717, 1.165) is 17.0 Å². The van der Waals surface area contributed by atoms with Crippen LogP contribution in [0.15, 0.2) is 52.1 Å². The van der Waals surface area contributed by atoms with Crippen molar-refractivity contribution in [2.24, 2.45) is 0 Å². The summed E-state index contributed by atoms with van der Waals surface area (Å²) in [5.74, 6) is -0.0525. The van der Waals surface area contributed by atoms with E-state index in [2.05, 4.69) is 15.5 Å². The van der Waals surface area contributed by atoms with Gasteiger partial charge in [-0.25, -0.2) is 8.42 Å². The van der Waals surface area contributed by atoms with E-state index in [1.807, 2.05) is 36.4 Å². The summed E-state index contributed by atoms with van der Waals surface area (Å²) >= 11 is 0. The molecule has 8 heteroatoms. The van der Waals surface area contributed by atoms with E-state index in [4.69, 9.17) is 4.42 Å². The second-order valence-electron chi connectivity index (χ2n) is 5.27. The number of hydrogen-bond donors (Lipinski definition) is 1. The van der Waals surface area contributed by atoms with Crippen LogP contribution in [0, 0.1) is 0 Å². The maximum Gasteiger partial charge on any atom is 0.335 e. The van der Waals surface area contributed by atoms with Gasteiger partial charge in [0.05, 0.1) is 0 Å². The maximum atomic E-state index is 12.3. The van der Waals surface area contributed by atoms with Crippen LogP contribution in [0.5, 0.6) is 0 Å². The molecular weight excluding hydrogens is 330 g/mol. The fourth-order valence-corrected chi connectivity index (χ4v) is 2.73. The molecule has 24 heavy (non-hydrogen) atoms. The fraction of sp³-hybridized carbons (Fsp3) is 0.188. The highest BCUT2D eigenvalue weighted by Gasteiger charge is 2.16. The van der Waals surface area contributed by atoms with E-state index in [1.165, 1.54) is 0 Å². The Labute approximate surface area is 138 Å². The third-order valence-corrected chi connectivity index (χ3v) is 4.22. The van der Waals surface area contributed by atoms with Crippen molar-refractivity contribution in [2.45, 2.75) is 11.6 Å². The van der Waals surface area contributed by atoms with Crippen molar-refractivity contribution in [1.82, 2.24) is 15.5 Å². The summed E-state index contributed by atoms with van der Waals surface area (Å²) < 4.78 is 27.6. The minimum absolute atomic E-state index is 0.161. The number of carbonyl (C=O) groups is 1. The van der Waals surface area contributed by atoms with Crippen molar-refractivity contribution >= 4 is 26.5 Å². The summed E-state index contributed by atoms with van der Waals surface area (Å²) in [6.45, 7) is 0.257. The first-order valence-electron chi connectivity index (χ1n) is 7.23. The summed E-state index contributed by atoms with van der Waals surface area (Å²) in [5.41, 5.74) is 0.579. The van der Waals surface area contributed by atoms with Gasteiger partial charge in [0.2, 0.25) is 15.7 Å². The van der Waals surface area contributed by atoms with Crippen LogP contribution >= 0.6 is 0 Å². The Morgan fingerprint density at radius 2 is 1.88 bits per heavy atom. The predicted octanol–water partition coefficient (Wildman–Crippen LogP) is 1.60. The van der Waals surface area contributed by atoms with E-state index in [1.54, 1.807) is 6.07 Å². The van der Waals surface area contributed by atoms with Crippen LogP contribution in [0.4, 0.5) is 0 Å². The van der Waals surface area contributed by atoms with Crippen LogP contribution in [0.2, 0.25) is 0 Å². The first kappa shape index (κ1) is 16.1. The lowest BCUT2D eigenvalue weighted by molar-refractivity contribution is 0.0955. The zero-order valence-corrected chi connectivity index (χ0v) is 13.7. The molecule has 7 nitrogen and oxygen atoms in total. The summed E-state index contributed by atoms with van der Waals surface area (Å²) in [5, 5.41) is 11.3. The molecule has 0 spiro atoms. The van der Waals surface area contributed by atoms with Crippen LogP contribution in [0.25, 0.3) is 10.8 Å². The number of carbonyl (C=O) groups excluding carboxylic acids is 1. The standard InChI is InChI=1S/C16H15N3O4S/c1-24(21,22)16-19-18-14(23-16)9-10-17-15(20)13-8-4-6-11-5-2-3-7-12(11)13/h2-8H,9-10H2,1H3,(H,17,20). The third-order valence-electron chi connectivity index (χ3n) is 3.42. The summed E-state index contributed by atoms with van der Waals surface area (Å²) in [7, 11) is -3.52. The average molecular weight is 345 g/mol. The van der Waals surface area contributed by atoms with Gasteiger partial charge in [-0.15, -0.1) is 5.10 Å². The lowest BCUT2D eigenvalue weighted by atomic mass is 10.0. The molecule has 0 aliphatic carbocycles. The van der Waals surface area contributed by atoms with Crippen molar-refractivity contribution < 1.29 is 17.6 Å². The monoisotopic (exact) mass is 345 g/mol. The van der Waals surface area contributed by atoms with Gasteiger partial charge in [-0.05, 0) is 16.8 Å². The maximum absolute atomic E-state index is 12.3. The fourth-order valence-electron chi connectivity index (χ4n) is 2.29. The Bertz CT molecular complexity index is 990. The SMILES string of the molecule is CS(=O)(=O)c1nnc(CCNC(=O)c2cccc3ccccc23)o1. The molecule has 3 rings (SSSR count). The Balaban J connectivity index is 1.66. The van der Waals surface area contributed by atoms with Crippen LogP contribution in [0.1, 0.15) is 16.2 Å². The lowest BCUT2D eigenvalue weighted by Gasteiger charge is -2.07. The summed E-state index contributed by atoms with van der Waals surface area (Å²) in [6, 6.07) is 13.2. The first-order chi connectivity index (χ1) is 11.4. The Hall–Kier alpha value is -2.74. The summed E-state index contributed by atoms with van der Waals surface area (Å²) in [6.07, 6.45) is 1.24. The highest BCUT2D eigenvalue weighted by molar-refractivity contribution is 7.90. The molecule has 0 fully saturated rings. The molecule has 1 aromatic heterocycles. The predicted molar refractivity (Wildman–Crippen MR) is 87.4 cm³/mol. The largest absolute Gasteiger partial charge is 0.412 e. The zero-order chi connectivity index (χ0) is 17.2. The third kappa shape index (κ3) is 3.43. The number of nitrogens with zero attached hydrogens (tertiary/aromatic N) is 2. The minimum atomic E-state index is -3.52. The molecule has 0 unspecified atom stereocenters. The van der Waals surface area contributed by atoms with Crippen molar-refractivity contribution in [3.05, 3.63) is 53.9 Å². The van der Waals surface area contributed by atoms with Crippen molar-refractivity contribution in [3.8, 4) is 0 Å². The number of fused-ring (bicyclic) bond motifs is 1. The zero-order valence-electron chi connectivity index (χ0n) is 12.9. The molecule has 0 saturated carbocycles. The minimum Gasteiger partial charge on any atom is -0.412 e. The number of amides is 1. The highest BCUT2D eigenvalue weighted by Crippen LogP contribution is 2.18. The normalized spacial score (nSPS) is 11.5. The van der Waals surface area contributed by atoms with Gasteiger partial charge in [0.25, 0.3) is 5.91 Å². The molecule has 1 heterocycles. The molecule has 3 aromatic rings. The van der Waals surface area contributed by atoms with Gasteiger partial charge in [-0.2, -0.15) is 0 Å². The van der Waals surface area contributed by atoms with Gasteiger partial charge in [-0.3, -0.25) is 4.79 Å². The molecule has 124 valence electrons. The molecule has 2 aromatic carbocycles. The molecule has 0 radical (unpaired) electrons. The lowest BCUT2D eigenvalue weighted by Crippen LogP contribution is -2.25. The van der Waals surface area contributed by atoms with E-state index < -0.39 is 15.1 Å². The number of nitrogens with one attached hydrogen (secondary N) is 1. The van der Waals surface area contributed by atoms with Gasteiger partial charge in [0.1, 0.15) is 0 Å². The van der Waals surface area contributed by atoms with E-state index in [0.29, 0.717) is 5.56 Å². The molecule has 1 N–H and O–H groups in total. The van der Waals surface area contributed by atoms with Gasteiger partial charge in [0, 0.05) is 24.8 Å². The molecule has 0 aliphatic heterocycles. The van der Waals surface area contributed by atoms with Crippen LogP contribution in [-0.4, -0.2) is 37.3 Å². The molecule has 0 aliphatic rings. The van der Waals surface area contributed by atoms with Crippen molar-refractivity contribution in [3.63, 3.8) is 0 Å². The number of benzene rings is 2. The van der Waals surface area contributed by atoms with Gasteiger partial charge < -0.3 is 9.73 Å². The second kappa shape index (κ2) is 6.40. The van der Waals surface area contributed by atoms with Crippen LogP contribution < -0.4 is 5.32 Å². The van der Waals surface area contributed by atoms with E-state index >= 15 is 0 Å².